The van der Waals surface area contributed by atoms with E-state index in [1.54, 1.807) is 6.07 Å². The number of benzene rings is 1. The molecule has 3 aromatic rings. The maximum atomic E-state index is 13.3. The van der Waals surface area contributed by atoms with Crippen molar-refractivity contribution in [2.75, 3.05) is 5.32 Å². The molecule has 0 fully saturated rings. The van der Waals surface area contributed by atoms with Crippen LogP contribution in [0.1, 0.15) is 24.8 Å². The predicted molar refractivity (Wildman–Crippen MR) is 107 cm³/mol. The summed E-state index contributed by atoms with van der Waals surface area (Å²) in [6.45, 7) is 0. The molecule has 5 nitrogen and oxygen atoms in total. The van der Waals surface area contributed by atoms with Gasteiger partial charge in [0.2, 0.25) is 6.41 Å². The highest BCUT2D eigenvalue weighted by molar-refractivity contribution is 7.97. The standard InChI is InChI=1S/C20H18F2N4OS/c21-17-6-5-14(9-18(17)22)28-26-13-3-1-12(2-4-13)16-10-19(24-11-27)25-20-15(16)7-8-23-20/h1,5-11,13,26H,2-4H2,(H2,23,24,25,27). The highest BCUT2D eigenvalue weighted by Gasteiger charge is 2.18. The molecule has 1 aromatic carbocycles. The Kier molecular flexibility index (Phi) is 5.40. The number of anilines is 1. The van der Waals surface area contributed by atoms with Gasteiger partial charge in [0.1, 0.15) is 11.5 Å². The number of fused-ring (bicyclic) bond motifs is 1. The molecule has 1 atom stereocenters. The zero-order valence-electron chi connectivity index (χ0n) is 14.8. The number of rotatable bonds is 6. The van der Waals surface area contributed by atoms with Gasteiger partial charge in [-0.2, -0.15) is 0 Å². The molecule has 3 N–H and O–H groups in total. The molecule has 1 aliphatic carbocycles. The van der Waals surface area contributed by atoms with Crippen LogP contribution in [0.15, 0.2) is 47.5 Å². The zero-order valence-corrected chi connectivity index (χ0v) is 15.7. The molecule has 1 amide bonds. The summed E-state index contributed by atoms with van der Waals surface area (Å²) in [4.78, 5) is 18.9. The Labute approximate surface area is 164 Å². The highest BCUT2D eigenvalue weighted by atomic mass is 32.2. The molecule has 144 valence electrons. The molecule has 0 saturated carbocycles. The second-order valence-corrected chi connectivity index (χ2v) is 7.46. The average molecular weight is 400 g/mol. The number of allylic oxidation sites excluding steroid dienone is 1. The van der Waals surface area contributed by atoms with Crippen LogP contribution in [0.3, 0.4) is 0 Å². The third-order valence-electron chi connectivity index (χ3n) is 4.73. The van der Waals surface area contributed by atoms with Crippen molar-refractivity contribution in [1.82, 2.24) is 14.7 Å². The fourth-order valence-electron chi connectivity index (χ4n) is 3.32. The van der Waals surface area contributed by atoms with Gasteiger partial charge in [0.05, 0.1) is 0 Å². The summed E-state index contributed by atoms with van der Waals surface area (Å²) in [5, 5.41) is 3.63. The first kappa shape index (κ1) is 18.6. The van der Waals surface area contributed by atoms with E-state index < -0.39 is 11.6 Å². The molecule has 0 aliphatic heterocycles. The van der Waals surface area contributed by atoms with Gasteiger partial charge in [-0.05, 0) is 72.7 Å². The van der Waals surface area contributed by atoms with Crippen molar-refractivity contribution in [3.63, 3.8) is 0 Å². The van der Waals surface area contributed by atoms with Gasteiger partial charge in [0, 0.05) is 22.5 Å². The molecular formula is C20H18F2N4OS. The molecule has 2 aromatic heterocycles. The van der Waals surface area contributed by atoms with Crippen LogP contribution in [0.4, 0.5) is 14.6 Å². The monoisotopic (exact) mass is 400 g/mol. The first-order valence-electron chi connectivity index (χ1n) is 8.89. The van der Waals surface area contributed by atoms with E-state index in [2.05, 4.69) is 26.1 Å². The minimum atomic E-state index is -0.842. The third-order valence-corrected chi connectivity index (χ3v) is 5.67. The predicted octanol–water partition coefficient (Wildman–Crippen LogP) is 4.64. The first-order chi connectivity index (χ1) is 13.6. The van der Waals surface area contributed by atoms with E-state index >= 15 is 0 Å². The number of nitrogens with one attached hydrogen (secondary N) is 3. The number of nitrogens with zero attached hydrogens (tertiary/aromatic N) is 1. The van der Waals surface area contributed by atoms with Crippen molar-refractivity contribution in [2.45, 2.75) is 30.2 Å². The molecule has 0 bridgehead atoms. The van der Waals surface area contributed by atoms with Crippen LogP contribution in [0, 0.1) is 11.6 Å². The summed E-state index contributed by atoms with van der Waals surface area (Å²) in [5.41, 5.74) is 3.00. The van der Waals surface area contributed by atoms with Crippen LogP contribution in [0.2, 0.25) is 0 Å². The number of H-pyrrole nitrogens is 1. The number of halogens is 2. The highest BCUT2D eigenvalue weighted by Crippen LogP contribution is 2.33. The van der Waals surface area contributed by atoms with E-state index in [0.29, 0.717) is 17.1 Å². The van der Waals surface area contributed by atoms with Gasteiger partial charge in [0.15, 0.2) is 11.6 Å². The normalized spacial score (nSPS) is 16.8. The van der Waals surface area contributed by atoms with Gasteiger partial charge in [-0.25, -0.2) is 13.8 Å². The fraction of sp³-hybridized carbons (Fsp3) is 0.200. The number of carbonyl (C=O) groups is 1. The minimum Gasteiger partial charge on any atom is -0.346 e. The summed E-state index contributed by atoms with van der Waals surface area (Å²) < 4.78 is 29.7. The molecular weight excluding hydrogens is 382 g/mol. The summed E-state index contributed by atoms with van der Waals surface area (Å²) in [6, 6.07) is 7.99. The van der Waals surface area contributed by atoms with Crippen LogP contribution >= 0.6 is 11.9 Å². The molecule has 28 heavy (non-hydrogen) atoms. The zero-order chi connectivity index (χ0) is 19.5. The van der Waals surface area contributed by atoms with Crippen molar-refractivity contribution in [1.29, 1.82) is 0 Å². The molecule has 1 unspecified atom stereocenters. The number of amides is 1. The van der Waals surface area contributed by atoms with E-state index in [1.165, 1.54) is 23.6 Å². The Hall–Kier alpha value is -2.71. The molecule has 0 spiro atoms. The van der Waals surface area contributed by atoms with Gasteiger partial charge in [-0.15, -0.1) is 0 Å². The van der Waals surface area contributed by atoms with Gasteiger partial charge < -0.3 is 10.3 Å². The van der Waals surface area contributed by atoms with Crippen LogP contribution in [-0.2, 0) is 4.79 Å². The van der Waals surface area contributed by atoms with Crippen molar-refractivity contribution < 1.29 is 13.6 Å². The SMILES string of the molecule is O=CNc1cc(C2=CCC(NSc3ccc(F)c(F)c3)CC2)c2cc[nH]c2n1. The third kappa shape index (κ3) is 3.93. The van der Waals surface area contributed by atoms with Crippen LogP contribution < -0.4 is 10.0 Å². The Bertz CT molecular complexity index is 1050. The Morgan fingerprint density at radius 2 is 2.11 bits per heavy atom. The Morgan fingerprint density at radius 3 is 2.86 bits per heavy atom. The largest absolute Gasteiger partial charge is 0.346 e. The molecule has 2 heterocycles. The maximum absolute atomic E-state index is 13.3. The molecule has 8 heteroatoms. The van der Waals surface area contributed by atoms with Gasteiger partial charge >= 0.3 is 0 Å². The smallest absolute Gasteiger partial charge is 0.212 e. The number of hydrogen-bond donors (Lipinski definition) is 3. The lowest BCUT2D eigenvalue weighted by Crippen LogP contribution is -2.24. The molecule has 0 radical (unpaired) electrons. The van der Waals surface area contributed by atoms with E-state index in [9.17, 15) is 13.6 Å². The van der Waals surface area contributed by atoms with Crippen molar-refractivity contribution >= 4 is 40.8 Å². The van der Waals surface area contributed by atoms with Crippen molar-refractivity contribution in [3.8, 4) is 0 Å². The average Bonchev–Trinajstić information content (AvgIpc) is 3.18. The van der Waals surface area contributed by atoms with Crippen LogP contribution in [0.5, 0.6) is 0 Å². The lowest BCUT2D eigenvalue weighted by atomic mass is 9.90. The number of pyridine rings is 1. The van der Waals surface area contributed by atoms with Gasteiger partial charge in [-0.3, -0.25) is 9.52 Å². The lowest BCUT2D eigenvalue weighted by Gasteiger charge is -2.23. The van der Waals surface area contributed by atoms with E-state index in [-0.39, 0.29) is 6.04 Å². The second kappa shape index (κ2) is 8.12. The first-order valence-corrected chi connectivity index (χ1v) is 9.71. The minimum absolute atomic E-state index is 0.234. The topological polar surface area (TPSA) is 69.8 Å². The van der Waals surface area contributed by atoms with E-state index in [1.807, 2.05) is 18.3 Å². The van der Waals surface area contributed by atoms with Crippen molar-refractivity contribution in [2.24, 2.45) is 0 Å². The molecule has 4 rings (SSSR count). The number of hydrogen-bond acceptors (Lipinski definition) is 4. The van der Waals surface area contributed by atoms with Gasteiger partial charge in [-0.1, -0.05) is 6.08 Å². The maximum Gasteiger partial charge on any atom is 0.212 e. The number of carbonyl (C=O) groups excluding carboxylic acids is 1. The number of aromatic nitrogens is 2. The summed E-state index contributed by atoms with van der Waals surface area (Å²) in [7, 11) is 0. The molecule has 1 aliphatic rings. The Balaban J connectivity index is 1.46. The Morgan fingerprint density at radius 1 is 1.21 bits per heavy atom. The van der Waals surface area contributed by atoms with E-state index in [0.717, 1.165) is 41.9 Å². The van der Waals surface area contributed by atoms with Crippen LogP contribution in [0.25, 0.3) is 16.6 Å². The summed E-state index contributed by atoms with van der Waals surface area (Å²) in [6.07, 6.45) is 7.22. The van der Waals surface area contributed by atoms with Crippen molar-refractivity contribution in [3.05, 3.63) is 59.8 Å². The summed E-state index contributed by atoms with van der Waals surface area (Å²) >= 11 is 1.31. The van der Waals surface area contributed by atoms with E-state index in [4.69, 9.17) is 0 Å². The van der Waals surface area contributed by atoms with Crippen LogP contribution in [-0.4, -0.2) is 22.4 Å². The molecule has 0 saturated heterocycles. The fourth-order valence-corrected chi connectivity index (χ4v) is 4.13. The summed E-state index contributed by atoms with van der Waals surface area (Å²) in [5.74, 6) is -1.17. The lowest BCUT2D eigenvalue weighted by molar-refractivity contribution is -0.105. The number of aromatic amines is 1. The second-order valence-electron chi connectivity index (χ2n) is 6.55. The van der Waals surface area contributed by atoms with Gasteiger partial charge in [0.25, 0.3) is 0 Å². The quantitative estimate of drug-likeness (QED) is 0.416.